The second-order valence-corrected chi connectivity index (χ2v) is 13.4. The Morgan fingerprint density at radius 1 is 1.25 bits per heavy atom. The van der Waals surface area contributed by atoms with Crippen LogP contribution in [0.1, 0.15) is 43.2 Å². The number of alkyl halides is 3. The maximum absolute atomic E-state index is 16.8. The number of pyridine rings is 1. The lowest BCUT2D eigenvalue weighted by Crippen LogP contribution is -2.59. The monoisotopic (exact) mass is 630 g/mol. The average molecular weight is 631 g/mol. The highest BCUT2D eigenvalue weighted by Crippen LogP contribution is 2.53. The summed E-state index contributed by atoms with van der Waals surface area (Å²) in [6.07, 6.45) is 0.0211. The molecule has 2 bridgehead atoms. The van der Waals surface area contributed by atoms with Gasteiger partial charge in [0.15, 0.2) is 11.6 Å². The summed E-state index contributed by atoms with van der Waals surface area (Å²) in [6.45, 7) is 8.34. The first-order valence-corrected chi connectivity index (χ1v) is 15.3. The Hall–Kier alpha value is -3.38. The molecule has 4 fully saturated rings. The summed E-state index contributed by atoms with van der Waals surface area (Å²) in [5.41, 5.74) is 3.97. The molecule has 0 unspecified atom stereocenters. The fraction of sp³-hybridized carbons (Fsp3) is 0.516. The van der Waals surface area contributed by atoms with Gasteiger partial charge in [-0.1, -0.05) is 23.8 Å². The molecule has 0 spiro atoms. The number of halogens is 5. The number of anilines is 2. The molecule has 4 atom stereocenters. The summed E-state index contributed by atoms with van der Waals surface area (Å²) in [5, 5.41) is -0.103. The molecule has 1 aliphatic carbocycles. The molecule has 1 aromatic carbocycles. The van der Waals surface area contributed by atoms with Crippen LogP contribution in [-0.4, -0.2) is 64.3 Å². The summed E-state index contributed by atoms with van der Waals surface area (Å²) in [7, 11) is 0. The molecule has 4 aliphatic heterocycles. The molecular formula is C31H31ClF4N6O2. The van der Waals surface area contributed by atoms with Crippen molar-refractivity contribution in [3.05, 3.63) is 40.2 Å². The van der Waals surface area contributed by atoms with Crippen molar-refractivity contribution in [3.8, 4) is 23.0 Å². The molecule has 8 rings (SSSR count). The third-order valence-corrected chi connectivity index (χ3v) is 10.7. The number of aromatic nitrogens is 3. The Labute approximate surface area is 256 Å². The van der Waals surface area contributed by atoms with Crippen LogP contribution in [0, 0.1) is 24.6 Å². The van der Waals surface area contributed by atoms with E-state index in [1.54, 1.807) is 0 Å². The maximum Gasteiger partial charge on any atom is 0.418 e. The molecule has 3 saturated heterocycles. The van der Waals surface area contributed by atoms with E-state index >= 15 is 4.39 Å². The van der Waals surface area contributed by atoms with Gasteiger partial charge in [0.2, 0.25) is 0 Å². The van der Waals surface area contributed by atoms with Gasteiger partial charge in [0.1, 0.15) is 30.4 Å². The molecule has 1 saturated carbocycles. The van der Waals surface area contributed by atoms with Gasteiger partial charge < -0.3 is 20.1 Å². The van der Waals surface area contributed by atoms with Crippen LogP contribution in [0.4, 0.5) is 29.2 Å². The first kappa shape index (κ1) is 28.1. The zero-order valence-corrected chi connectivity index (χ0v) is 24.9. The van der Waals surface area contributed by atoms with Gasteiger partial charge in [-0.15, -0.1) is 0 Å². The summed E-state index contributed by atoms with van der Waals surface area (Å²) >= 11 is 6.82. The van der Waals surface area contributed by atoms with Crippen molar-refractivity contribution in [1.29, 1.82) is 0 Å². The largest absolute Gasteiger partial charge is 0.489 e. The molecule has 232 valence electrons. The average Bonchev–Trinajstić information content (AvgIpc) is 3.36. The van der Waals surface area contributed by atoms with E-state index in [0.717, 1.165) is 56.8 Å². The number of nitrogens with zero attached hydrogens (tertiary/aromatic N) is 5. The molecule has 2 aromatic heterocycles. The van der Waals surface area contributed by atoms with Crippen molar-refractivity contribution in [2.24, 2.45) is 11.8 Å². The number of piperidine rings is 1. The van der Waals surface area contributed by atoms with Gasteiger partial charge in [0, 0.05) is 19.6 Å². The predicted molar refractivity (Wildman–Crippen MR) is 158 cm³/mol. The van der Waals surface area contributed by atoms with Crippen LogP contribution in [0.25, 0.3) is 22.2 Å². The van der Waals surface area contributed by atoms with E-state index < -0.39 is 28.8 Å². The van der Waals surface area contributed by atoms with Gasteiger partial charge in [-0.3, -0.25) is 4.90 Å². The fourth-order valence-electron chi connectivity index (χ4n) is 8.26. The SMILES string of the molecule is C=C1CN2CC[C@@]2(COc2nc3c4c(c(Cl)c(-c5nc(N)cc(C)c5C(F)(F)F)c(F)c4n2)OC[C@@H]2[C@@H]4CC[C@@H](C4)CN32)C1. The lowest BCUT2D eigenvalue weighted by molar-refractivity contribution is -0.137. The van der Waals surface area contributed by atoms with Crippen LogP contribution in [0.3, 0.4) is 0 Å². The zero-order valence-electron chi connectivity index (χ0n) is 24.1. The van der Waals surface area contributed by atoms with Crippen molar-refractivity contribution < 1.29 is 27.0 Å². The highest BCUT2D eigenvalue weighted by Gasteiger charge is 2.50. The molecule has 13 heteroatoms. The summed E-state index contributed by atoms with van der Waals surface area (Å²) < 4.78 is 72.5. The van der Waals surface area contributed by atoms with Crippen LogP contribution in [0.5, 0.6) is 11.8 Å². The predicted octanol–water partition coefficient (Wildman–Crippen LogP) is 6.17. The summed E-state index contributed by atoms with van der Waals surface area (Å²) in [4.78, 5) is 17.7. The fourth-order valence-corrected chi connectivity index (χ4v) is 8.58. The second kappa shape index (κ2) is 9.56. The summed E-state index contributed by atoms with van der Waals surface area (Å²) in [6, 6.07) is 0.993. The number of nitrogens with two attached hydrogens (primary N) is 1. The van der Waals surface area contributed by atoms with Crippen LogP contribution in [-0.2, 0) is 6.18 Å². The minimum atomic E-state index is -4.86. The van der Waals surface area contributed by atoms with E-state index in [0.29, 0.717) is 24.2 Å². The van der Waals surface area contributed by atoms with Crippen LogP contribution in [0.15, 0.2) is 18.2 Å². The van der Waals surface area contributed by atoms with E-state index in [2.05, 4.69) is 26.3 Å². The van der Waals surface area contributed by atoms with E-state index in [1.807, 2.05) is 0 Å². The van der Waals surface area contributed by atoms with Gasteiger partial charge in [0.05, 0.1) is 38.8 Å². The Balaban J connectivity index is 1.34. The molecular weight excluding hydrogens is 600 g/mol. The lowest BCUT2D eigenvalue weighted by atomic mass is 9.85. The van der Waals surface area contributed by atoms with Crippen LogP contribution in [0.2, 0.25) is 5.02 Å². The van der Waals surface area contributed by atoms with Crippen LogP contribution < -0.4 is 20.1 Å². The van der Waals surface area contributed by atoms with Gasteiger partial charge in [0.25, 0.3) is 0 Å². The maximum atomic E-state index is 16.8. The first-order valence-electron chi connectivity index (χ1n) is 14.9. The van der Waals surface area contributed by atoms with E-state index in [-0.39, 0.29) is 63.9 Å². The highest BCUT2D eigenvalue weighted by atomic mass is 35.5. The standard InChI is InChI=1S/C31H31ClF4N6O2/c1-14-9-30(5-6-41(30)10-14)13-44-29-39-26-21-27(43-12-18-17-4-3-16(8-17)11-42(18)28(21)40-29)23(32)20(24(26)33)25-22(31(34,35)36)15(2)7-19(37)38-25/h7,16-18H,1,3-6,8-13H2,2H3,(H2,37,38)/t16-,17+,18+,30-/m0/s1. The van der Waals surface area contributed by atoms with Crippen molar-refractivity contribution in [2.75, 3.05) is 43.5 Å². The van der Waals surface area contributed by atoms with Crippen molar-refractivity contribution >= 4 is 34.1 Å². The third-order valence-electron chi connectivity index (χ3n) is 10.3. The Kier molecular flexibility index (Phi) is 6.11. The van der Waals surface area contributed by atoms with Gasteiger partial charge in [-0.05, 0) is 62.5 Å². The van der Waals surface area contributed by atoms with Gasteiger partial charge >= 0.3 is 12.2 Å². The quantitative estimate of drug-likeness (QED) is 0.270. The highest BCUT2D eigenvalue weighted by molar-refractivity contribution is 6.36. The first-order chi connectivity index (χ1) is 20.9. The van der Waals surface area contributed by atoms with Crippen LogP contribution >= 0.6 is 11.6 Å². The van der Waals surface area contributed by atoms with Crippen molar-refractivity contribution in [2.45, 2.75) is 56.8 Å². The number of nitrogen functional groups attached to an aromatic ring is 1. The molecule has 3 aromatic rings. The zero-order chi connectivity index (χ0) is 30.7. The van der Waals surface area contributed by atoms with Gasteiger partial charge in [-0.25, -0.2) is 9.37 Å². The van der Waals surface area contributed by atoms with E-state index in [9.17, 15) is 13.2 Å². The number of fused-ring (bicyclic) bond motifs is 6. The number of hydrogen-bond acceptors (Lipinski definition) is 8. The summed E-state index contributed by atoms with van der Waals surface area (Å²) in [5.74, 6) is -0.00961. The Bertz CT molecular complexity index is 1750. The van der Waals surface area contributed by atoms with E-state index in [1.165, 1.54) is 6.92 Å². The number of hydrogen-bond donors (Lipinski definition) is 1. The van der Waals surface area contributed by atoms with E-state index in [4.69, 9.17) is 31.8 Å². The molecule has 5 aliphatic rings. The lowest BCUT2D eigenvalue weighted by Gasteiger charge is -2.47. The van der Waals surface area contributed by atoms with Crippen molar-refractivity contribution in [3.63, 3.8) is 0 Å². The number of benzene rings is 1. The number of aryl methyl sites for hydroxylation is 1. The number of ether oxygens (including phenoxy) is 2. The molecule has 0 amide bonds. The molecule has 8 nitrogen and oxygen atoms in total. The third kappa shape index (κ3) is 4.09. The smallest absolute Gasteiger partial charge is 0.418 e. The Morgan fingerprint density at radius 2 is 2.07 bits per heavy atom. The van der Waals surface area contributed by atoms with Crippen molar-refractivity contribution in [1.82, 2.24) is 19.9 Å². The van der Waals surface area contributed by atoms with Gasteiger partial charge in [-0.2, -0.15) is 23.1 Å². The minimum absolute atomic E-state index is 0.0377. The number of rotatable bonds is 4. The molecule has 44 heavy (non-hydrogen) atoms. The molecule has 0 radical (unpaired) electrons. The second-order valence-electron chi connectivity index (χ2n) is 13.1. The normalized spacial score (nSPS) is 27.5. The molecule has 2 N–H and O–H groups in total. The Morgan fingerprint density at radius 3 is 2.80 bits per heavy atom. The molecule has 6 heterocycles. The minimum Gasteiger partial charge on any atom is -0.489 e. The topological polar surface area (TPSA) is 89.6 Å².